The molecule has 1 aromatic carbocycles. The van der Waals surface area contributed by atoms with Gasteiger partial charge in [-0.05, 0) is 25.5 Å². The Morgan fingerprint density at radius 1 is 1.17 bits per heavy atom. The molecule has 1 fully saturated rings. The summed E-state index contributed by atoms with van der Waals surface area (Å²) in [7, 11) is 2.96. The van der Waals surface area contributed by atoms with Gasteiger partial charge in [0.1, 0.15) is 12.1 Å². The van der Waals surface area contributed by atoms with Crippen molar-refractivity contribution < 1.29 is 33.4 Å². The molecule has 0 saturated carbocycles. The molecule has 10 nitrogen and oxygen atoms in total. The zero-order valence-corrected chi connectivity index (χ0v) is 17.6. The van der Waals surface area contributed by atoms with Crippen LogP contribution in [0.25, 0.3) is 0 Å². The van der Waals surface area contributed by atoms with Gasteiger partial charge in [-0.25, -0.2) is 4.79 Å². The highest BCUT2D eigenvalue weighted by Crippen LogP contribution is 2.29. The maximum Gasteiger partial charge on any atom is 0.326 e. The molecular formula is C20H27N3O7. The Morgan fingerprint density at radius 3 is 2.50 bits per heavy atom. The monoisotopic (exact) mass is 421 g/mol. The molecule has 164 valence electrons. The number of nitrogens with zero attached hydrogens (tertiary/aromatic N) is 1. The van der Waals surface area contributed by atoms with Crippen LogP contribution >= 0.6 is 0 Å². The van der Waals surface area contributed by atoms with E-state index in [1.165, 1.54) is 14.2 Å². The second kappa shape index (κ2) is 9.95. The Kier molecular flexibility index (Phi) is 7.62. The van der Waals surface area contributed by atoms with Crippen LogP contribution in [0.3, 0.4) is 0 Å². The first-order valence-corrected chi connectivity index (χ1v) is 9.55. The van der Waals surface area contributed by atoms with E-state index in [0.717, 1.165) is 17.7 Å². The van der Waals surface area contributed by atoms with Crippen LogP contribution in [0.1, 0.15) is 33.1 Å². The van der Waals surface area contributed by atoms with Gasteiger partial charge in [0.15, 0.2) is 18.1 Å². The fourth-order valence-electron chi connectivity index (χ4n) is 3.02. The summed E-state index contributed by atoms with van der Waals surface area (Å²) in [6, 6.07) is 4.13. The number of unbranched alkanes of at least 4 members (excludes halogenated alkanes) is 1. The second-order valence-corrected chi connectivity index (χ2v) is 7.04. The lowest BCUT2D eigenvalue weighted by Gasteiger charge is -2.21. The lowest BCUT2D eigenvalue weighted by Crippen LogP contribution is -2.44. The molecule has 0 aromatic heterocycles. The van der Waals surface area contributed by atoms with Gasteiger partial charge in [-0.15, -0.1) is 0 Å². The van der Waals surface area contributed by atoms with Crippen molar-refractivity contribution in [1.82, 2.24) is 10.2 Å². The summed E-state index contributed by atoms with van der Waals surface area (Å²) in [5, 5.41) is 5.18. The van der Waals surface area contributed by atoms with Gasteiger partial charge in [-0.3, -0.25) is 19.3 Å². The Balaban J connectivity index is 1.86. The number of urea groups is 1. The maximum atomic E-state index is 12.5. The van der Waals surface area contributed by atoms with E-state index in [0.29, 0.717) is 23.6 Å². The van der Waals surface area contributed by atoms with Crippen LogP contribution in [0.4, 0.5) is 10.5 Å². The lowest BCUT2D eigenvalue weighted by molar-refractivity contribution is -0.150. The number of esters is 1. The largest absolute Gasteiger partial charge is 0.493 e. The Labute approximate surface area is 174 Å². The number of hydrogen-bond donors (Lipinski definition) is 2. The molecule has 1 aromatic rings. The molecule has 0 radical (unpaired) electrons. The van der Waals surface area contributed by atoms with Crippen molar-refractivity contribution in [1.29, 1.82) is 0 Å². The molecule has 10 heteroatoms. The van der Waals surface area contributed by atoms with Crippen LogP contribution in [-0.2, 0) is 19.1 Å². The Bertz CT molecular complexity index is 827. The first-order chi connectivity index (χ1) is 14.2. The summed E-state index contributed by atoms with van der Waals surface area (Å²) in [5.41, 5.74) is -0.604. The SMILES string of the molecule is CCCC[C@@]1(C)NC(=O)N(CC(=O)OCC(=O)Nc2ccc(OC)c(OC)c2)C1=O. The molecule has 0 spiro atoms. The molecule has 1 atom stereocenters. The fourth-order valence-corrected chi connectivity index (χ4v) is 3.02. The summed E-state index contributed by atoms with van der Waals surface area (Å²) in [5.74, 6) is -0.993. The maximum absolute atomic E-state index is 12.5. The highest BCUT2D eigenvalue weighted by molar-refractivity contribution is 6.08. The van der Waals surface area contributed by atoms with Crippen molar-refractivity contribution in [3.63, 3.8) is 0 Å². The summed E-state index contributed by atoms with van der Waals surface area (Å²) in [4.78, 5) is 49.5. The van der Waals surface area contributed by atoms with E-state index < -0.39 is 42.5 Å². The third-order valence-electron chi connectivity index (χ3n) is 4.69. The van der Waals surface area contributed by atoms with E-state index in [4.69, 9.17) is 14.2 Å². The van der Waals surface area contributed by atoms with Gasteiger partial charge in [-0.1, -0.05) is 19.8 Å². The molecule has 4 amide bonds. The zero-order chi connectivity index (χ0) is 22.3. The van der Waals surface area contributed by atoms with Gasteiger partial charge in [0, 0.05) is 11.8 Å². The molecule has 1 saturated heterocycles. The van der Waals surface area contributed by atoms with Crippen molar-refractivity contribution in [3.05, 3.63) is 18.2 Å². The number of benzene rings is 1. The summed E-state index contributed by atoms with van der Waals surface area (Å²) >= 11 is 0. The van der Waals surface area contributed by atoms with E-state index in [1.54, 1.807) is 25.1 Å². The van der Waals surface area contributed by atoms with E-state index in [2.05, 4.69) is 10.6 Å². The van der Waals surface area contributed by atoms with Crippen molar-refractivity contribution in [2.75, 3.05) is 32.7 Å². The summed E-state index contributed by atoms with van der Waals surface area (Å²) in [6.45, 7) is 2.48. The molecule has 0 bridgehead atoms. The molecule has 30 heavy (non-hydrogen) atoms. The zero-order valence-electron chi connectivity index (χ0n) is 17.6. The van der Waals surface area contributed by atoms with Gasteiger partial charge < -0.3 is 24.8 Å². The van der Waals surface area contributed by atoms with E-state index >= 15 is 0 Å². The van der Waals surface area contributed by atoms with E-state index in [-0.39, 0.29) is 0 Å². The normalized spacial score (nSPS) is 18.1. The number of rotatable bonds is 10. The number of hydrogen-bond acceptors (Lipinski definition) is 7. The number of anilines is 1. The van der Waals surface area contributed by atoms with Crippen LogP contribution in [0, 0.1) is 0 Å². The number of nitrogens with one attached hydrogen (secondary N) is 2. The minimum Gasteiger partial charge on any atom is -0.493 e. The number of imide groups is 1. The smallest absolute Gasteiger partial charge is 0.326 e. The molecule has 1 aliphatic rings. The average Bonchev–Trinajstić information content (AvgIpc) is 2.94. The molecule has 0 aliphatic carbocycles. The minimum absolute atomic E-state index is 0.425. The predicted molar refractivity (Wildman–Crippen MR) is 107 cm³/mol. The predicted octanol–water partition coefficient (Wildman–Crippen LogP) is 1.69. The van der Waals surface area contributed by atoms with Gasteiger partial charge in [0.05, 0.1) is 14.2 Å². The third-order valence-corrected chi connectivity index (χ3v) is 4.69. The first-order valence-electron chi connectivity index (χ1n) is 9.55. The minimum atomic E-state index is -1.03. The van der Waals surface area contributed by atoms with Crippen molar-refractivity contribution in [2.24, 2.45) is 0 Å². The Morgan fingerprint density at radius 2 is 1.87 bits per heavy atom. The van der Waals surface area contributed by atoms with Gasteiger partial charge in [-0.2, -0.15) is 0 Å². The molecule has 1 heterocycles. The van der Waals surface area contributed by atoms with Gasteiger partial charge in [0.2, 0.25) is 0 Å². The molecule has 1 aliphatic heterocycles. The molecular weight excluding hydrogens is 394 g/mol. The average molecular weight is 421 g/mol. The van der Waals surface area contributed by atoms with Gasteiger partial charge >= 0.3 is 12.0 Å². The second-order valence-electron chi connectivity index (χ2n) is 7.04. The Hall–Kier alpha value is -3.30. The van der Waals surface area contributed by atoms with Crippen molar-refractivity contribution in [3.8, 4) is 11.5 Å². The molecule has 2 rings (SSSR count). The van der Waals surface area contributed by atoms with Crippen molar-refractivity contribution in [2.45, 2.75) is 38.6 Å². The van der Waals surface area contributed by atoms with Crippen LogP contribution in [0.5, 0.6) is 11.5 Å². The van der Waals surface area contributed by atoms with E-state index in [1.807, 2.05) is 6.92 Å². The van der Waals surface area contributed by atoms with Gasteiger partial charge in [0.25, 0.3) is 11.8 Å². The first kappa shape index (κ1) is 23.0. The molecule has 2 N–H and O–H groups in total. The number of carbonyl (C=O) groups excluding carboxylic acids is 4. The van der Waals surface area contributed by atoms with Crippen LogP contribution < -0.4 is 20.1 Å². The standard InChI is InChI=1S/C20H27N3O7/c1-5-6-9-20(2)18(26)23(19(27)22-20)11-17(25)30-12-16(24)21-13-7-8-14(28-3)15(10-13)29-4/h7-8,10H,5-6,9,11-12H2,1-4H3,(H,21,24)(H,22,27)/t20-/m1/s1. The highest BCUT2D eigenvalue weighted by atomic mass is 16.5. The van der Waals surface area contributed by atoms with Crippen LogP contribution in [0.2, 0.25) is 0 Å². The van der Waals surface area contributed by atoms with Crippen molar-refractivity contribution >= 4 is 29.5 Å². The number of ether oxygens (including phenoxy) is 3. The number of carbonyl (C=O) groups is 4. The molecule has 0 unspecified atom stereocenters. The quantitative estimate of drug-likeness (QED) is 0.435. The highest BCUT2D eigenvalue weighted by Gasteiger charge is 2.47. The van der Waals surface area contributed by atoms with E-state index in [9.17, 15) is 19.2 Å². The summed E-state index contributed by atoms with van der Waals surface area (Å²) < 4.78 is 15.2. The van der Waals surface area contributed by atoms with Crippen LogP contribution in [-0.4, -0.2) is 61.6 Å². The topological polar surface area (TPSA) is 123 Å². The summed E-state index contributed by atoms with van der Waals surface area (Å²) in [6.07, 6.45) is 2.11. The lowest BCUT2D eigenvalue weighted by atomic mass is 9.95. The fraction of sp³-hybridized carbons (Fsp3) is 0.500. The number of methoxy groups -OCH3 is 2. The van der Waals surface area contributed by atoms with Crippen LogP contribution in [0.15, 0.2) is 18.2 Å². The third kappa shape index (κ3) is 5.40. The number of amides is 4.